The van der Waals surface area contributed by atoms with E-state index in [1.165, 1.54) is 0 Å². The number of rotatable bonds is 7. The van der Waals surface area contributed by atoms with E-state index in [2.05, 4.69) is 23.5 Å². The van der Waals surface area contributed by atoms with Gasteiger partial charge in [0.15, 0.2) is 0 Å². The van der Waals surface area contributed by atoms with Crippen LogP contribution in [0.2, 0.25) is 0 Å². The van der Waals surface area contributed by atoms with E-state index in [1.54, 1.807) is 6.92 Å². The van der Waals surface area contributed by atoms with E-state index < -0.39 is 10.0 Å². The maximum atomic E-state index is 11.2. The third-order valence-corrected chi connectivity index (χ3v) is 4.50. The van der Waals surface area contributed by atoms with Gasteiger partial charge in [0.05, 0.1) is 18.0 Å². The summed E-state index contributed by atoms with van der Waals surface area (Å²) in [6.45, 7) is 9.36. The van der Waals surface area contributed by atoms with Crippen LogP contribution in [-0.4, -0.2) is 57.5 Å². The number of nitrogens with zero attached hydrogens (tertiary/aromatic N) is 1. The zero-order chi connectivity index (χ0) is 13.6. The van der Waals surface area contributed by atoms with Gasteiger partial charge in [-0.15, -0.1) is 0 Å². The van der Waals surface area contributed by atoms with E-state index >= 15 is 0 Å². The Bertz CT molecular complexity index is 322. The first-order chi connectivity index (χ1) is 8.43. The molecule has 108 valence electrons. The maximum Gasteiger partial charge on any atom is 0.211 e. The van der Waals surface area contributed by atoms with E-state index in [-0.39, 0.29) is 5.75 Å². The molecule has 1 aliphatic heterocycles. The predicted octanol–water partition coefficient (Wildman–Crippen LogP) is 0.815. The lowest BCUT2D eigenvalue weighted by molar-refractivity contribution is -0.0681. The van der Waals surface area contributed by atoms with Crippen LogP contribution < -0.4 is 4.72 Å². The third-order valence-electron chi connectivity index (χ3n) is 3.10. The van der Waals surface area contributed by atoms with Crippen molar-refractivity contribution in [3.8, 4) is 0 Å². The molecular formula is C12H26N2O3S. The van der Waals surface area contributed by atoms with E-state index in [4.69, 9.17) is 4.74 Å². The van der Waals surface area contributed by atoms with Gasteiger partial charge in [-0.25, -0.2) is 13.1 Å². The highest BCUT2D eigenvalue weighted by Crippen LogP contribution is 2.11. The molecule has 0 aliphatic carbocycles. The van der Waals surface area contributed by atoms with Gasteiger partial charge in [0.25, 0.3) is 0 Å². The van der Waals surface area contributed by atoms with Gasteiger partial charge in [-0.2, -0.15) is 0 Å². The van der Waals surface area contributed by atoms with E-state index in [9.17, 15) is 8.42 Å². The topological polar surface area (TPSA) is 58.6 Å². The standard InChI is InChI=1S/C12H26N2O3S/c1-4-18(15,16)13-7-5-6-8-14-9-11(2)17-12(3)10-14/h11-13H,4-10H2,1-3H3/t11-,12-/m1/s1. The fourth-order valence-corrected chi connectivity index (χ4v) is 2.92. The number of morpholine rings is 1. The minimum absolute atomic E-state index is 0.158. The van der Waals surface area contributed by atoms with Crippen molar-refractivity contribution in [2.24, 2.45) is 0 Å². The molecule has 1 N–H and O–H groups in total. The Hall–Kier alpha value is -0.170. The highest BCUT2D eigenvalue weighted by Gasteiger charge is 2.21. The van der Waals surface area contributed by atoms with Crippen LogP contribution in [0.1, 0.15) is 33.6 Å². The molecule has 1 heterocycles. The minimum atomic E-state index is -3.03. The monoisotopic (exact) mass is 278 g/mol. The van der Waals surface area contributed by atoms with Crippen molar-refractivity contribution in [3.05, 3.63) is 0 Å². The molecule has 1 fully saturated rings. The van der Waals surface area contributed by atoms with Crippen molar-refractivity contribution in [2.75, 3.05) is 31.9 Å². The number of hydrogen-bond donors (Lipinski definition) is 1. The quantitative estimate of drug-likeness (QED) is 0.700. The summed E-state index contributed by atoms with van der Waals surface area (Å²) in [6, 6.07) is 0. The zero-order valence-electron chi connectivity index (χ0n) is 11.7. The summed E-state index contributed by atoms with van der Waals surface area (Å²) >= 11 is 0. The van der Waals surface area contributed by atoms with Gasteiger partial charge >= 0.3 is 0 Å². The minimum Gasteiger partial charge on any atom is -0.373 e. The zero-order valence-corrected chi connectivity index (χ0v) is 12.5. The molecule has 0 unspecified atom stereocenters. The number of ether oxygens (including phenoxy) is 1. The molecule has 1 rings (SSSR count). The predicted molar refractivity (Wildman–Crippen MR) is 73.1 cm³/mol. The molecule has 0 radical (unpaired) electrons. The fraction of sp³-hybridized carbons (Fsp3) is 1.00. The lowest BCUT2D eigenvalue weighted by Gasteiger charge is -2.35. The second-order valence-corrected chi connectivity index (χ2v) is 7.12. The second kappa shape index (κ2) is 7.43. The second-order valence-electron chi connectivity index (χ2n) is 5.02. The molecule has 1 aliphatic rings. The van der Waals surface area contributed by atoms with Gasteiger partial charge in [-0.3, -0.25) is 4.90 Å². The van der Waals surface area contributed by atoms with Crippen molar-refractivity contribution in [1.82, 2.24) is 9.62 Å². The van der Waals surface area contributed by atoms with Gasteiger partial charge in [0.1, 0.15) is 0 Å². The number of unbranched alkanes of at least 4 members (excludes halogenated alkanes) is 1. The fourth-order valence-electron chi connectivity index (χ4n) is 2.26. The van der Waals surface area contributed by atoms with Crippen LogP contribution in [0.5, 0.6) is 0 Å². The number of sulfonamides is 1. The van der Waals surface area contributed by atoms with Crippen LogP contribution in [-0.2, 0) is 14.8 Å². The molecule has 0 aromatic carbocycles. The van der Waals surface area contributed by atoms with Crippen molar-refractivity contribution in [2.45, 2.75) is 45.8 Å². The van der Waals surface area contributed by atoms with Crippen molar-refractivity contribution in [1.29, 1.82) is 0 Å². The normalized spacial score (nSPS) is 26.4. The Kier molecular flexibility index (Phi) is 6.55. The molecule has 0 spiro atoms. The van der Waals surface area contributed by atoms with E-state index in [1.807, 2.05) is 0 Å². The molecule has 18 heavy (non-hydrogen) atoms. The highest BCUT2D eigenvalue weighted by atomic mass is 32.2. The Morgan fingerprint density at radius 1 is 1.22 bits per heavy atom. The molecule has 0 amide bonds. The van der Waals surface area contributed by atoms with Crippen LogP contribution in [0.3, 0.4) is 0 Å². The molecule has 2 atom stereocenters. The summed E-state index contributed by atoms with van der Waals surface area (Å²) in [5.41, 5.74) is 0. The number of nitrogens with one attached hydrogen (secondary N) is 1. The molecule has 1 saturated heterocycles. The average molecular weight is 278 g/mol. The van der Waals surface area contributed by atoms with Gasteiger partial charge < -0.3 is 4.74 Å². The summed E-state index contributed by atoms with van der Waals surface area (Å²) in [4.78, 5) is 2.40. The molecule has 0 bridgehead atoms. The van der Waals surface area contributed by atoms with Crippen LogP contribution in [0.4, 0.5) is 0 Å². The van der Waals surface area contributed by atoms with Crippen LogP contribution in [0.25, 0.3) is 0 Å². The number of hydrogen-bond acceptors (Lipinski definition) is 4. The summed E-state index contributed by atoms with van der Waals surface area (Å²) < 4.78 is 30.7. The van der Waals surface area contributed by atoms with Gasteiger partial charge in [0.2, 0.25) is 10.0 Å². The van der Waals surface area contributed by atoms with E-state index in [0.717, 1.165) is 32.5 Å². The van der Waals surface area contributed by atoms with Crippen LogP contribution in [0.15, 0.2) is 0 Å². The lowest BCUT2D eigenvalue weighted by atomic mass is 10.2. The summed E-state index contributed by atoms with van der Waals surface area (Å²) in [6.07, 6.45) is 2.50. The Morgan fingerprint density at radius 2 is 1.83 bits per heavy atom. The molecule has 6 heteroatoms. The first kappa shape index (κ1) is 15.9. The Labute approximate surface area is 111 Å². The largest absolute Gasteiger partial charge is 0.373 e. The third kappa shape index (κ3) is 6.13. The van der Waals surface area contributed by atoms with Gasteiger partial charge in [-0.05, 0) is 40.2 Å². The molecule has 0 aromatic rings. The smallest absolute Gasteiger partial charge is 0.211 e. The lowest BCUT2D eigenvalue weighted by Crippen LogP contribution is -2.45. The van der Waals surface area contributed by atoms with Gasteiger partial charge in [0, 0.05) is 19.6 Å². The molecule has 0 saturated carbocycles. The van der Waals surface area contributed by atoms with Crippen molar-refractivity contribution >= 4 is 10.0 Å². The highest BCUT2D eigenvalue weighted by molar-refractivity contribution is 7.89. The Balaban J connectivity index is 2.11. The van der Waals surface area contributed by atoms with Gasteiger partial charge in [-0.1, -0.05) is 0 Å². The first-order valence-electron chi connectivity index (χ1n) is 6.78. The molecule has 5 nitrogen and oxygen atoms in total. The summed E-state index contributed by atoms with van der Waals surface area (Å²) in [5.74, 6) is 0.158. The summed E-state index contributed by atoms with van der Waals surface area (Å²) in [5, 5.41) is 0. The average Bonchev–Trinajstić information content (AvgIpc) is 2.27. The van der Waals surface area contributed by atoms with Crippen LogP contribution >= 0.6 is 0 Å². The summed E-state index contributed by atoms with van der Waals surface area (Å²) in [7, 11) is -3.03. The van der Waals surface area contributed by atoms with Crippen molar-refractivity contribution < 1.29 is 13.2 Å². The van der Waals surface area contributed by atoms with Crippen molar-refractivity contribution in [3.63, 3.8) is 0 Å². The molecule has 0 aromatic heterocycles. The van der Waals surface area contributed by atoms with E-state index in [0.29, 0.717) is 18.8 Å². The molecular weight excluding hydrogens is 252 g/mol. The first-order valence-corrected chi connectivity index (χ1v) is 8.43. The maximum absolute atomic E-state index is 11.2. The SMILES string of the molecule is CCS(=O)(=O)NCCCCN1C[C@@H](C)O[C@H](C)C1. The Morgan fingerprint density at radius 3 is 2.39 bits per heavy atom. The van der Waals surface area contributed by atoms with Crippen LogP contribution in [0, 0.1) is 0 Å².